The molecule has 3 nitrogen and oxygen atoms in total. The minimum atomic E-state index is 0.190. The molecule has 0 aliphatic carbocycles. The van der Waals surface area contributed by atoms with Gasteiger partial charge in [-0.3, -0.25) is 4.90 Å². The second kappa shape index (κ2) is 8.97. The number of aliphatic hydroxyl groups is 1. The number of rotatable bonds is 7. The molecule has 2 aromatic carbocycles. The van der Waals surface area contributed by atoms with Crippen LogP contribution in [0.4, 0.5) is 0 Å². The molecule has 1 fully saturated rings. The van der Waals surface area contributed by atoms with Crippen molar-refractivity contribution in [2.75, 3.05) is 19.7 Å². The number of piperidine rings is 1. The summed E-state index contributed by atoms with van der Waals surface area (Å²) in [6.07, 6.45) is 2.11. The molecule has 0 saturated carbocycles. The summed E-state index contributed by atoms with van der Waals surface area (Å²) in [4.78, 5) is 2.47. The van der Waals surface area contributed by atoms with Crippen molar-refractivity contribution in [3.63, 3.8) is 0 Å². The van der Waals surface area contributed by atoms with Gasteiger partial charge in [0.05, 0.1) is 12.7 Å². The molecule has 0 bridgehead atoms. The van der Waals surface area contributed by atoms with Gasteiger partial charge in [0.2, 0.25) is 0 Å². The maximum Gasteiger partial charge on any atom is 0.0736 e. The van der Waals surface area contributed by atoms with Crippen molar-refractivity contribution in [3.05, 3.63) is 71.8 Å². The van der Waals surface area contributed by atoms with Crippen molar-refractivity contribution in [1.82, 2.24) is 4.90 Å². The molecule has 0 amide bonds. The molecule has 1 aliphatic rings. The van der Waals surface area contributed by atoms with Gasteiger partial charge >= 0.3 is 0 Å². The Morgan fingerprint density at radius 3 is 2.29 bits per heavy atom. The second-order valence-electron chi connectivity index (χ2n) is 6.62. The molecule has 0 spiro atoms. The van der Waals surface area contributed by atoms with Gasteiger partial charge in [0.25, 0.3) is 0 Å². The largest absolute Gasteiger partial charge is 0.396 e. The summed E-state index contributed by atoms with van der Waals surface area (Å²) in [6.45, 7) is 3.87. The zero-order valence-electron chi connectivity index (χ0n) is 14.2. The highest BCUT2D eigenvalue weighted by Gasteiger charge is 2.29. The smallest absolute Gasteiger partial charge is 0.0736 e. The van der Waals surface area contributed by atoms with E-state index in [0.717, 1.165) is 32.5 Å². The standard InChI is InChI=1S/C21H27NO2/c23-14-12-20-11-13-22(15-18-7-3-1-4-8-18)16-21(20)24-17-19-9-5-2-6-10-19/h1-10,20-21,23H,11-17H2/t20-,21-/m1/s1. The van der Waals surface area contributed by atoms with E-state index in [1.54, 1.807) is 0 Å². The Labute approximate surface area is 144 Å². The highest BCUT2D eigenvalue weighted by Crippen LogP contribution is 2.25. The van der Waals surface area contributed by atoms with E-state index in [2.05, 4.69) is 47.4 Å². The van der Waals surface area contributed by atoms with Crippen molar-refractivity contribution in [3.8, 4) is 0 Å². The summed E-state index contributed by atoms with van der Waals surface area (Å²) in [7, 11) is 0. The van der Waals surface area contributed by atoms with Crippen LogP contribution >= 0.6 is 0 Å². The quantitative estimate of drug-likeness (QED) is 0.846. The molecule has 3 heteroatoms. The summed E-state index contributed by atoms with van der Waals surface area (Å²) < 4.78 is 6.25. The summed E-state index contributed by atoms with van der Waals surface area (Å²) in [5.74, 6) is 0.450. The lowest BCUT2D eigenvalue weighted by molar-refractivity contribution is -0.0539. The van der Waals surface area contributed by atoms with Crippen LogP contribution in [0.5, 0.6) is 0 Å². The highest BCUT2D eigenvalue weighted by atomic mass is 16.5. The van der Waals surface area contributed by atoms with Gasteiger partial charge in [-0.1, -0.05) is 60.7 Å². The Hall–Kier alpha value is -1.68. The third kappa shape index (κ3) is 4.91. The van der Waals surface area contributed by atoms with Crippen molar-refractivity contribution in [1.29, 1.82) is 0 Å². The summed E-state index contributed by atoms with van der Waals surface area (Å²) in [5, 5.41) is 9.35. The van der Waals surface area contributed by atoms with Gasteiger partial charge in [-0.15, -0.1) is 0 Å². The first-order valence-electron chi connectivity index (χ1n) is 8.88. The number of nitrogens with zero attached hydrogens (tertiary/aromatic N) is 1. The fourth-order valence-corrected chi connectivity index (χ4v) is 3.48. The van der Waals surface area contributed by atoms with Crippen LogP contribution in [0.15, 0.2) is 60.7 Å². The van der Waals surface area contributed by atoms with Gasteiger partial charge in [-0.25, -0.2) is 0 Å². The zero-order chi connectivity index (χ0) is 16.6. The molecule has 0 aromatic heterocycles. The number of ether oxygens (including phenoxy) is 1. The molecule has 1 aliphatic heterocycles. The third-order valence-electron chi connectivity index (χ3n) is 4.84. The molecule has 2 aromatic rings. The average Bonchev–Trinajstić information content (AvgIpc) is 2.64. The molecule has 24 heavy (non-hydrogen) atoms. The fraction of sp³-hybridized carbons (Fsp3) is 0.429. The highest BCUT2D eigenvalue weighted by molar-refractivity contribution is 5.15. The zero-order valence-corrected chi connectivity index (χ0v) is 14.2. The maximum atomic E-state index is 9.35. The molecule has 1 N–H and O–H groups in total. The van der Waals surface area contributed by atoms with E-state index in [4.69, 9.17) is 4.74 Å². The Kier molecular flexibility index (Phi) is 6.41. The molecule has 2 atom stereocenters. The molecule has 1 saturated heterocycles. The molecule has 0 radical (unpaired) electrons. The van der Waals surface area contributed by atoms with Crippen LogP contribution in [0.25, 0.3) is 0 Å². The minimum Gasteiger partial charge on any atom is -0.396 e. The number of aliphatic hydroxyl groups excluding tert-OH is 1. The van der Waals surface area contributed by atoms with E-state index in [1.165, 1.54) is 11.1 Å². The monoisotopic (exact) mass is 325 g/mol. The summed E-state index contributed by atoms with van der Waals surface area (Å²) in [6, 6.07) is 20.9. The van der Waals surface area contributed by atoms with E-state index in [1.807, 2.05) is 18.2 Å². The van der Waals surface area contributed by atoms with Gasteiger partial charge < -0.3 is 9.84 Å². The predicted octanol–water partition coefficient (Wildman–Crippen LogP) is 3.48. The van der Waals surface area contributed by atoms with Crippen LogP contribution in [-0.4, -0.2) is 35.8 Å². The Morgan fingerprint density at radius 1 is 0.958 bits per heavy atom. The molecule has 0 unspecified atom stereocenters. The van der Waals surface area contributed by atoms with E-state index in [-0.39, 0.29) is 12.7 Å². The first-order chi connectivity index (χ1) is 11.8. The maximum absolute atomic E-state index is 9.35. The molecule has 3 rings (SSSR count). The number of hydrogen-bond donors (Lipinski definition) is 1. The Balaban J connectivity index is 1.59. The van der Waals surface area contributed by atoms with Crippen LogP contribution in [0.3, 0.4) is 0 Å². The third-order valence-corrected chi connectivity index (χ3v) is 4.84. The lowest BCUT2D eigenvalue weighted by Crippen LogP contribution is -2.45. The van der Waals surface area contributed by atoms with Crippen molar-refractivity contribution >= 4 is 0 Å². The van der Waals surface area contributed by atoms with Crippen molar-refractivity contribution in [2.45, 2.75) is 32.1 Å². The van der Waals surface area contributed by atoms with Crippen LogP contribution in [0.1, 0.15) is 24.0 Å². The molecular formula is C21H27NO2. The number of likely N-dealkylation sites (tertiary alicyclic amines) is 1. The summed E-state index contributed by atoms with van der Waals surface area (Å²) in [5.41, 5.74) is 2.56. The Morgan fingerprint density at radius 2 is 1.62 bits per heavy atom. The first kappa shape index (κ1) is 17.2. The lowest BCUT2D eigenvalue weighted by atomic mass is 9.90. The van der Waals surface area contributed by atoms with Crippen molar-refractivity contribution in [2.24, 2.45) is 5.92 Å². The van der Waals surface area contributed by atoms with E-state index in [0.29, 0.717) is 12.5 Å². The van der Waals surface area contributed by atoms with Gasteiger partial charge in [-0.2, -0.15) is 0 Å². The van der Waals surface area contributed by atoms with Crippen LogP contribution in [0, 0.1) is 5.92 Å². The van der Waals surface area contributed by atoms with Crippen LogP contribution in [0.2, 0.25) is 0 Å². The number of benzene rings is 2. The van der Waals surface area contributed by atoms with Crippen LogP contribution < -0.4 is 0 Å². The Bertz CT molecular complexity index is 587. The second-order valence-corrected chi connectivity index (χ2v) is 6.62. The van der Waals surface area contributed by atoms with Crippen molar-refractivity contribution < 1.29 is 9.84 Å². The molecular weight excluding hydrogens is 298 g/mol. The van der Waals surface area contributed by atoms with E-state index < -0.39 is 0 Å². The molecule has 1 heterocycles. The summed E-state index contributed by atoms with van der Waals surface area (Å²) >= 11 is 0. The normalized spacial score (nSPS) is 21.7. The van der Waals surface area contributed by atoms with Gasteiger partial charge in [0.1, 0.15) is 0 Å². The topological polar surface area (TPSA) is 32.7 Å². The van der Waals surface area contributed by atoms with E-state index in [9.17, 15) is 5.11 Å². The lowest BCUT2D eigenvalue weighted by Gasteiger charge is -2.38. The van der Waals surface area contributed by atoms with Gasteiger partial charge in [-0.05, 0) is 36.4 Å². The van der Waals surface area contributed by atoms with E-state index >= 15 is 0 Å². The van der Waals surface area contributed by atoms with Gasteiger partial charge in [0, 0.05) is 19.7 Å². The molecule has 128 valence electrons. The van der Waals surface area contributed by atoms with Crippen LogP contribution in [-0.2, 0) is 17.9 Å². The predicted molar refractivity (Wildman–Crippen MR) is 96.5 cm³/mol. The fourth-order valence-electron chi connectivity index (χ4n) is 3.48. The minimum absolute atomic E-state index is 0.190. The van der Waals surface area contributed by atoms with Gasteiger partial charge in [0.15, 0.2) is 0 Å². The average molecular weight is 325 g/mol. The number of hydrogen-bond acceptors (Lipinski definition) is 3. The SMILES string of the molecule is OCC[C@H]1CCN(Cc2ccccc2)C[C@H]1OCc1ccccc1. The first-order valence-corrected chi connectivity index (χ1v) is 8.88.